The standard InChI is InChI=1S/C18H23NO2S/c1-14-8-10-17(11-9-14)12-13-22(20,21)19(4)18-7-5-6-15(2)16(18)3/h5-11H,12-13H2,1-4H3. The van der Waals surface area contributed by atoms with Gasteiger partial charge in [-0.05, 0) is 49.9 Å². The van der Waals surface area contributed by atoms with E-state index in [9.17, 15) is 8.42 Å². The highest BCUT2D eigenvalue weighted by atomic mass is 32.2. The van der Waals surface area contributed by atoms with E-state index >= 15 is 0 Å². The van der Waals surface area contributed by atoms with Crippen LogP contribution in [0.1, 0.15) is 22.3 Å². The molecule has 2 rings (SSSR count). The van der Waals surface area contributed by atoms with Gasteiger partial charge in [0, 0.05) is 7.05 Å². The molecule has 0 amide bonds. The van der Waals surface area contributed by atoms with E-state index in [1.54, 1.807) is 7.05 Å². The number of rotatable bonds is 5. The zero-order chi connectivity index (χ0) is 16.3. The minimum absolute atomic E-state index is 0.111. The van der Waals surface area contributed by atoms with Crippen molar-refractivity contribution in [2.75, 3.05) is 17.1 Å². The third kappa shape index (κ3) is 3.69. The van der Waals surface area contributed by atoms with Gasteiger partial charge in [0.25, 0.3) is 0 Å². The normalized spacial score (nSPS) is 11.5. The fraction of sp³-hybridized carbons (Fsp3) is 0.333. The molecule has 0 saturated heterocycles. The van der Waals surface area contributed by atoms with Gasteiger partial charge in [0.05, 0.1) is 11.4 Å². The summed E-state index contributed by atoms with van der Waals surface area (Å²) in [4.78, 5) is 0. The molecule has 0 unspecified atom stereocenters. The Morgan fingerprint density at radius 2 is 1.59 bits per heavy atom. The summed E-state index contributed by atoms with van der Waals surface area (Å²) in [5, 5.41) is 0. The van der Waals surface area contributed by atoms with Gasteiger partial charge in [-0.1, -0.05) is 42.0 Å². The van der Waals surface area contributed by atoms with Crippen molar-refractivity contribution in [1.82, 2.24) is 0 Å². The van der Waals surface area contributed by atoms with Crippen LogP contribution >= 0.6 is 0 Å². The number of benzene rings is 2. The Hall–Kier alpha value is -1.81. The number of hydrogen-bond acceptors (Lipinski definition) is 2. The zero-order valence-corrected chi connectivity index (χ0v) is 14.4. The van der Waals surface area contributed by atoms with Crippen molar-refractivity contribution in [1.29, 1.82) is 0 Å². The van der Waals surface area contributed by atoms with Crippen LogP contribution in [-0.2, 0) is 16.4 Å². The monoisotopic (exact) mass is 317 g/mol. The molecule has 0 aliphatic rings. The topological polar surface area (TPSA) is 37.4 Å². The number of sulfonamides is 1. The summed E-state index contributed by atoms with van der Waals surface area (Å²) in [6.07, 6.45) is 0.526. The molecule has 0 heterocycles. The van der Waals surface area contributed by atoms with E-state index in [1.807, 2.05) is 63.2 Å². The predicted molar refractivity (Wildman–Crippen MR) is 93.0 cm³/mol. The highest BCUT2D eigenvalue weighted by Gasteiger charge is 2.20. The first-order chi connectivity index (χ1) is 10.3. The average Bonchev–Trinajstić information content (AvgIpc) is 2.49. The minimum Gasteiger partial charge on any atom is -0.273 e. The Labute approximate surface area is 133 Å². The summed E-state index contributed by atoms with van der Waals surface area (Å²) in [5.74, 6) is 0.111. The van der Waals surface area contributed by atoms with Crippen molar-refractivity contribution in [3.8, 4) is 0 Å². The Balaban J connectivity index is 2.15. The first-order valence-electron chi connectivity index (χ1n) is 7.39. The molecule has 0 bridgehead atoms. The molecule has 0 aliphatic carbocycles. The fourth-order valence-electron chi connectivity index (χ4n) is 2.37. The van der Waals surface area contributed by atoms with Gasteiger partial charge >= 0.3 is 0 Å². The summed E-state index contributed by atoms with van der Waals surface area (Å²) >= 11 is 0. The van der Waals surface area contributed by atoms with Crippen LogP contribution in [0.15, 0.2) is 42.5 Å². The van der Waals surface area contributed by atoms with Gasteiger partial charge in [-0.3, -0.25) is 4.31 Å². The maximum Gasteiger partial charge on any atom is 0.235 e. The van der Waals surface area contributed by atoms with Gasteiger partial charge in [-0.15, -0.1) is 0 Å². The molecule has 0 N–H and O–H groups in total. The van der Waals surface area contributed by atoms with Crippen LogP contribution < -0.4 is 4.31 Å². The Morgan fingerprint density at radius 1 is 0.955 bits per heavy atom. The highest BCUT2D eigenvalue weighted by molar-refractivity contribution is 7.92. The lowest BCUT2D eigenvalue weighted by Crippen LogP contribution is -2.30. The van der Waals surface area contributed by atoms with Crippen molar-refractivity contribution < 1.29 is 8.42 Å². The van der Waals surface area contributed by atoms with E-state index in [1.165, 1.54) is 9.87 Å². The van der Waals surface area contributed by atoms with E-state index in [0.717, 1.165) is 22.4 Å². The van der Waals surface area contributed by atoms with Crippen LogP contribution in [-0.4, -0.2) is 21.2 Å². The van der Waals surface area contributed by atoms with E-state index in [0.29, 0.717) is 6.42 Å². The first kappa shape index (κ1) is 16.6. The molecule has 0 radical (unpaired) electrons. The molecule has 2 aromatic rings. The molecule has 0 aromatic heterocycles. The van der Waals surface area contributed by atoms with Gasteiger partial charge in [0.15, 0.2) is 0 Å². The van der Waals surface area contributed by atoms with Crippen LogP contribution in [0.3, 0.4) is 0 Å². The van der Waals surface area contributed by atoms with Gasteiger partial charge in [0.1, 0.15) is 0 Å². The molecule has 0 atom stereocenters. The van der Waals surface area contributed by atoms with Gasteiger partial charge < -0.3 is 0 Å². The number of aryl methyl sites for hydroxylation is 3. The smallest absolute Gasteiger partial charge is 0.235 e. The van der Waals surface area contributed by atoms with Crippen LogP contribution in [0, 0.1) is 20.8 Å². The summed E-state index contributed by atoms with van der Waals surface area (Å²) in [7, 11) is -1.70. The van der Waals surface area contributed by atoms with Crippen molar-refractivity contribution in [3.63, 3.8) is 0 Å². The van der Waals surface area contributed by atoms with Crippen molar-refractivity contribution in [2.45, 2.75) is 27.2 Å². The quantitative estimate of drug-likeness (QED) is 0.844. The molecule has 0 saturated carbocycles. The Kier molecular flexibility index (Phi) is 4.91. The van der Waals surface area contributed by atoms with Crippen molar-refractivity contribution in [2.24, 2.45) is 0 Å². The van der Waals surface area contributed by atoms with Crippen LogP contribution in [0.5, 0.6) is 0 Å². The van der Waals surface area contributed by atoms with Crippen LogP contribution in [0.2, 0.25) is 0 Å². The third-order valence-corrected chi connectivity index (χ3v) is 5.85. The maximum atomic E-state index is 12.6. The van der Waals surface area contributed by atoms with Gasteiger partial charge in [-0.25, -0.2) is 8.42 Å². The SMILES string of the molecule is Cc1ccc(CCS(=O)(=O)N(C)c2cccc(C)c2C)cc1. The zero-order valence-electron chi connectivity index (χ0n) is 13.6. The second-order valence-corrected chi connectivity index (χ2v) is 7.86. The van der Waals surface area contributed by atoms with E-state index in [4.69, 9.17) is 0 Å². The molecular formula is C18H23NO2S. The molecule has 0 fully saturated rings. The fourth-order valence-corrected chi connectivity index (χ4v) is 3.63. The Morgan fingerprint density at radius 3 is 2.23 bits per heavy atom. The Bertz CT molecular complexity index is 749. The third-order valence-electron chi connectivity index (χ3n) is 4.10. The van der Waals surface area contributed by atoms with Crippen molar-refractivity contribution in [3.05, 3.63) is 64.7 Å². The lowest BCUT2D eigenvalue weighted by Gasteiger charge is -2.22. The average molecular weight is 317 g/mol. The lowest BCUT2D eigenvalue weighted by atomic mass is 10.1. The molecule has 4 heteroatoms. The maximum absolute atomic E-state index is 12.6. The molecule has 118 valence electrons. The summed E-state index contributed by atoms with van der Waals surface area (Å²) in [6, 6.07) is 13.7. The number of anilines is 1. The largest absolute Gasteiger partial charge is 0.273 e. The van der Waals surface area contributed by atoms with E-state index < -0.39 is 10.0 Å². The van der Waals surface area contributed by atoms with E-state index in [-0.39, 0.29) is 5.75 Å². The summed E-state index contributed by atoms with van der Waals surface area (Å²) < 4.78 is 26.5. The molecule has 0 aliphatic heterocycles. The molecule has 22 heavy (non-hydrogen) atoms. The van der Waals surface area contributed by atoms with Gasteiger partial charge in [-0.2, -0.15) is 0 Å². The second-order valence-electron chi connectivity index (χ2n) is 5.74. The van der Waals surface area contributed by atoms with Gasteiger partial charge in [0.2, 0.25) is 10.0 Å². The number of hydrogen-bond donors (Lipinski definition) is 0. The minimum atomic E-state index is -3.33. The summed E-state index contributed by atoms with van der Waals surface area (Å²) in [5.41, 5.74) is 5.08. The lowest BCUT2D eigenvalue weighted by molar-refractivity contribution is 0.593. The highest BCUT2D eigenvalue weighted by Crippen LogP contribution is 2.24. The summed E-state index contributed by atoms with van der Waals surface area (Å²) in [6.45, 7) is 5.97. The van der Waals surface area contributed by atoms with Crippen LogP contribution in [0.25, 0.3) is 0 Å². The predicted octanol–water partition coefficient (Wildman–Crippen LogP) is 3.62. The van der Waals surface area contributed by atoms with Crippen LogP contribution in [0.4, 0.5) is 5.69 Å². The molecule has 3 nitrogen and oxygen atoms in total. The first-order valence-corrected chi connectivity index (χ1v) is 9.00. The van der Waals surface area contributed by atoms with E-state index in [2.05, 4.69) is 0 Å². The van der Waals surface area contributed by atoms with Crippen molar-refractivity contribution >= 4 is 15.7 Å². The molecule has 0 spiro atoms. The molecule has 2 aromatic carbocycles. The molecular weight excluding hydrogens is 294 g/mol. The number of nitrogens with zero attached hydrogens (tertiary/aromatic N) is 1. The second kappa shape index (κ2) is 6.53.